The van der Waals surface area contributed by atoms with Crippen LogP contribution in [0, 0.1) is 0 Å². The zero-order chi connectivity index (χ0) is 16.1. The highest BCUT2D eigenvalue weighted by Gasteiger charge is 2.31. The molecule has 1 N–H and O–H groups in total. The Bertz CT molecular complexity index is 544. The number of hydrogen-bond donors (Lipinski definition) is 1. The topological polar surface area (TPSA) is 52.7 Å². The van der Waals surface area contributed by atoms with Crippen LogP contribution in [0.25, 0.3) is 0 Å². The maximum Gasteiger partial charge on any atom is 0.241 e. The number of carbonyl (C=O) groups is 2. The van der Waals surface area contributed by atoms with Crippen molar-refractivity contribution in [1.82, 2.24) is 10.2 Å². The highest BCUT2D eigenvalue weighted by molar-refractivity contribution is 5.97. The number of carbonyl (C=O) groups excluding carboxylic acids is 2. The summed E-state index contributed by atoms with van der Waals surface area (Å²) in [7, 11) is 0. The fourth-order valence-electron chi connectivity index (χ4n) is 2.95. The molecule has 1 aromatic carbocycles. The summed E-state index contributed by atoms with van der Waals surface area (Å²) in [6.45, 7) is 7.74. The summed E-state index contributed by atoms with van der Waals surface area (Å²) in [6.07, 6.45) is 0.893. The Kier molecular flexibility index (Phi) is 5.55. The van der Waals surface area contributed by atoms with Crippen LogP contribution in [0.5, 0.6) is 0 Å². The third-order valence-electron chi connectivity index (χ3n) is 4.02. The van der Waals surface area contributed by atoms with E-state index in [-0.39, 0.29) is 30.9 Å². The first kappa shape index (κ1) is 16.5. The average molecular weight is 303 g/mol. The van der Waals surface area contributed by atoms with E-state index in [0.29, 0.717) is 13.1 Å². The van der Waals surface area contributed by atoms with Crippen molar-refractivity contribution in [2.24, 2.45) is 0 Å². The minimum absolute atomic E-state index is 0.0352. The minimum atomic E-state index is -0.0352. The molecule has 0 unspecified atom stereocenters. The Morgan fingerprint density at radius 1 is 1.27 bits per heavy atom. The van der Waals surface area contributed by atoms with Gasteiger partial charge in [0.25, 0.3) is 0 Å². The molecule has 5 nitrogen and oxygen atoms in total. The van der Waals surface area contributed by atoms with Gasteiger partial charge in [-0.1, -0.05) is 25.1 Å². The van der Waals surface area contributed by atoms with E-state index >= 15 is 0 Å². The van der Waals surface area contributed by atoms with Gasteiger partial charge in [0.15, 0.2) is 0 Å². The lowest BCUT2D eigenvalue weighted by Crippen LogP contribution is -2.46. The van der Waals surface area contributed by atoms with Gasteiger partial charge in [-0.2, -0.15) is 0 Å². The molecule has 0 aliphatic carbocycles. The summed E-state index contributed by atoms with van der Waals surface area (Å²) >= 11 is 0. The van der Waals surface area contributed by atoms with Crippen molar-refractivity contribution in [3.8, 4) is 0 Å². The van der Waals surface area contributed by atoms with Crippen LogP contribution < -0.4 is 10.2 Å². The van der Waals surface area contributed by atoms with E-state index in [1.807, 2.05) is 41.8 Å². The number of fused-ring (bicyclic) bond motifs is 1. The predicted molar refractivity (Wildman–Crippen MR) is 87.9 cm³/mol. The number of benzene rings is 1. The van der Waals surface area contributed by atoms with E-state index < -0.39 is 0 Å². The number of rotatable bonds is 6. The Hall–Kier alpha value is -1.88. The first-order chi connectivity index (χ1) is 10.6. The van der Waals surface area contributed by atoms with Gasteiger partial charge < -0.3 is 10.2 Å². The minimum Gasteiger partial charge on any atom is -0.355 e. The molecule has 1 atom stereocenters. The van der Waals surface area contributed by atoms with E-state index in [1.165, 1.54) is 5.56 Å². The molecule has 5 heteroatoms. The second-order valence-corrected chi connectivity index (χ2v) is 5.70. The van der Waals surface area contributed by atoms with Gasteiger partial charge in [0.2, 0.25) is 11.8 Å². The molecule has 0 radical (unpaired) electrons. The van der Waals surface area contributed by atoms with Crippen molar-refractivity contribution in [2.75, 3.05) is 31.1 Å². The molecule has 22 heavy (non-hydrogen) atoms. The summed E-state index contributed by atoms with van der Waals surface area (Å²) in [6, 6.07) is 8.21. The molecule has 1 heterocycles. The van der Waals surface area contributed by atoms with Crippen LogP contribution >= 0.6 is 0 Å². The molecule has 2 rings (SSSR count). The standard InChI is InChI=1S/C17H25N3O2/c1-4-18-16(21)11-19(5-2)12-17(22)20-13(3)10-14-8-6-7-9-15(14)20/h6-9,13H,4-5,10-12H2,1-3H3,(H,18,21)/t13-/m1/s1. The molecule has 0 spiro atoms. The maximum atomic E-state index is 12.7. The van der Waals surface area contributed by atoms with Gasteiger partial charge in [-0.3, -0.25) is 14.5 Å². The van der Waals surface area contributed by atoms with Crippen molar-refractivity contribution in [2.45, 2.75) is 33.2 Å². The normalized spacial score (nSPS) is 16.7. The second-order valence-electron chi connectivity index (χ2n) is 5.70. The van der Waals surface area contributed by atoms with Crippen molar-refractivity contribution in [3.63, 3.8) is 0 Å². The molecule has 1 aliphatic heterocycles. The van der Waals surface area contributed by atoms with E-state index in [4.69, 9.17) is 0 Å². The molecule has 0 saturated heterocycles. The number of anilines is 1. The molecule has 0 saturated carbocycles. The van der Waals surface area contributed by atoms with Crippen molar-refractivity contribution in [3.05, 3.63) is 29.8 Å². The Balaban J connectivity index is 2.03. The van der Waals surface area contributed by atoms with Crippen LogP contribution in [0.3, 0.4) is 0 Å². The SMILES string of the molecule is CCNC(=O)CN(CC)CC(=O)N1c2ccccc2C[C@H]1C. The number of amides is 2. The van der Waals surface area contributed by atoms with Crippen LogP contribution in [0.1, 0.15) is 26.3 Å². The molecule has 1 aliphatic rings. The molecule has 2 amide bonds. The summed E-state index contributed by atoms with van der Waals surface area (Å²) in [5.41, 5.74) is 2.23. The molecule has 0 aromatic heterocycles. The van der Waals surface area contributed by atoms with E-state index in [1.54, 1.807) is 0 Å². The predicted octanol–water partition coefficient (Wildman–Crippen LogP) is 1.42. The zero-order valence-corrected chi connectivity index (χ0v) is 13.6. The fourth-order valence-corrected chi connectivity index (χ4v) is 2.95. The summed E-state index contributed by atoms with van der Waals surface area (Å²) in [5.74, 6) is 0.0237. The van der Waals surface area contributed by atoms with Crippen molar-refractivity contribution >= 4 is 17.5 Å². The molecular formula is C17H25N3O2. The highest BCUT2D eigenvalue weighted by Crippen LogP contribution is 2.31. The van der Waals surface area contributed by atoms with Gasteiger partial charge in [0.05, 0.1) is 13.1 Å². The van der Waals surface area contributed by atoms with Crippen molar-refractivity contribution < 1.29 is 9.59 Å². The number of para-hydroxylation sites is 1. The van der Waals surface area contributed by atoms with Gasteiger partial charge >= 0.3 is 0 Å². The quantitative estimate of drug-likeness (QED) is 0.865. The number of hydrogen-bond acceptors (Lipinski definition) is 3. The largest absolute Gasteiger partial charge is 0.355 e. The smallest absolute Gasteiger partial charge is 0.241 e. The Labute approximate surface area is 132 Å². The fraction of sp³-hybridized carbons (Fsp3) is 0.529. The van der Waals surface area contributed by atoms with Gasteiger partial charge in [0, 0.05) is 18.3 Å². The lowest BCUT2D eigenvalue weighted by Gasteiger charge is -2.26. The lowest BCUT2D eigenvalue weighted by molar-refractivity contribution is -0.124. The van der Waals surface area contributed by atoms with Crippen LogP contribution in [0.4, 0.5) is 5.69 Å². The maximum absolute atomic E-state index is 12.7. The first-order valence-electron chi connectivity index (χ1n) is 7.95. The van der Waals surface area contributed by atoms with Crippen LogP contribution in [-0.4, -0.2) is 48.9 Å². The third kappa shape index (κ3) is 3.65. The van der Waals surface area contributed by atoms with E-state index in [9.17, 15) is 9.59 Å². The van der Waals surface area contributed by atoms with Crippen LogP contribution in [0.15, 0.2) is 24.3 Å². The van der Waals surface area contributed by atoms with Gasteiger partial charge in [-0.25, -0.2) is 0 Å². The van der Waals surface area contributed by atoms with Gasteiger partial charge in [-0.15, -0.1) is 0 Å². The Morgan fingerprint density at radius 3 is 2.68 bits per heavy atom. The van der Waals surface area contributed by atoms with Crippen LogP contribution in [0.2, 0.25) is 0 Å². The van der Waals surface area contributed by atoms with Gasteiger partial charge in [-0.05, 0) is 38.4 Å². The van der Waals surface area contributed by atoms with E-state index in [0.717, 1.165) is 12.1 Å². The molecular weight excluding hydrogens is 278 g/mol. The van der Waals surface area contributed by atoms with E-state index in [2.05, 4.69) is 18.3 Å². The molecule has 120 valence electrons. The highest BCUT2D eigenvalue weighted by atomic mass is 16.2. The number of nitrogens with zero attached hydrogens (tertiary/aromatic N) is 2. The lowest BCUT2D eigenvalue weighted by atomic mass is 10.1. The number of likely N-dealkylation sites (N-methyl/N-ethyl adjacent to an activating group) is 2. The van der Waals surface area contributed by atoms with Crippen LogP contribution in [-0.2, 0) is 16.0 Å². The summed E-state index contributed by atoms with van der Waals surface area (Å²) in [5, 5.41) is 2.77. The average Bonchev–Trinajstić information content (AvgIpc) is 2.82. The monoisotopic (exact) mass is 303 g/mol. The Morgan fingerprint density at radius 2 is 2.00 bits per heavy atom. The third-order valence-corrected chi connectivity index (χ3v) is 4.02. The van der Waals surface area contributed by atoms with Crippen molar-refractivity contribution in [1.29, 1.82) is 0 Å². The summed E-state index contributed by atoms with van der Waals surface area (Å²) in [4.78, 5) is 28.1. The first-order valence-corrected chi connectivity index (χ1v) is 7.95. The summed E-state index contributed by atoms with van der Waals surface area (Å²) < 4.78 is 0. The zero-order valence-electron chi connectivity index (χ0n) is 13.6. The molecule has 0 fully saturated rings. The van der Waals surface area contributed by atoms with Gasteiger partial charge in [0.1, 0.15) is 0 Å². The molecule has 0 bridgehead atoms. The number of nitrogens with one attached hydrogen (secondary N) is 1. The second kappa shape index (κ2) is 7.40. The molecule has 1 aromatic rings.